The minimum atomic E-state index is 0.0775. The zero-order valence-electron chi connectivity index (χ0n) is 17.0. The largest absolute Gasteiger partial charge is 0.353 e. The van der Waals surface area contributed by atoms with Gasteiger partial charge in [-0.1, -0.05) is 26.2 Å². The van der Waals surface area contributed by atoms with Gasteiger partial charge < -0.3 is 10.6 Å². The van der Waals surface area contributed by atoms with Crippen molar-refractivity contribution in [2.24, 2.45) is 17.8 Å². The van der Waals surface area contributed by atoms with Gasteiger partial charge in [0.25, 0.3) is 5.91 Å². The summed E-state index contributed by atoms with van der Waals surface area (Å²) >= 11 is 1.65. The van der Waals surface area contributed by atoms with E-state index in [1.54, 1.807) is 11.3 Å². The van der Waals surface area contributed by atoms with E-state index in [-0.39, 0.29) is 29.8 Å². The topological polar surface area (TPSA) is 58.2 Å². The Kier molecular flexibility index (Phi) is 6.39. The first kappa shape index (κ1) is 19.9. The van der Waals surface area contributed by atoms with E-state index in [0.717, 1.165) is 55.2 Å². The standard InChI is InChI=1S/C23H34N2O2S/c1-15(13-16-3-2-4-16)22(26)24-18-7-9-19(10-8-18)25-23(27)21-12-11-20(28-21)14-17-5-6-17/h11-12,15-19H,2-10,13-14H2,1H3,(H,24,26)(H,25,27). The van der Waals surface area contributed by atoms with E-state index < -0.39 is 0 Å². The number of carbonyl (C=O) groups excluding carboxylic acids is 2. The Morgan fingerprint density at radius 2 is 1.64 bits per heavy atom. The number of hydrogen-bond acceptors (Lipinski definition) is 3. The van der Waals surface area contributed by atoms with Gasteiger partial charge in [-0.2, -0.15) is 0 Å². The number of nitrogens with one attached hydrogen (secondary N) is 2. The molecular formula is C23H34N2O2S. The molecule has 3 fully saturated rings. The van der Waals surface area contributed by atoms with Crippen LogP contribution in [0, 0.1) is 17.8 Å². The Morgan fingerprint density at radius 1 is 0.964 bits per heavy atom. The summed E-state index contributed by atoms with van der Waals surface area (Å²) in [6.07, 6.45) is 12.6. The Balaban J connectivity index is 1.16. The average molecular weight is 403 g/mol. The third-order valence-electron chi connectivity index (χ3n) is 6.84. The number of thiophene rings is 1. The highest BCUT2D eigenvalue weighted by atomic mass is 32.1. The highest BCUT2D eigenvalue weighted by Gasteiger charge is 2.28. The van der Waals surface area contributed by atoms with Crippen LogP contribution in [0.5, 0.6) is 0 Å². The predicted molar refractivity (Wildman–Crippen MR) is 114 cm³/mol. The van der Waals surface area contributed by atoms with Crippen LogP contribution in [-0.4, -0.2) is 23.9 Å². The van der Waals surface area contributed by atoms with Crippen molar-refractivity contribution >= 4 is 23.2 Å². The first-order valence-corrected chi connectivity index (χ1v) is 12.1. The molecular weight excluding hydrogens is 368 g/mol. The molecule has 154 valence electrons. The second kappa shape index (κ2) is 8.98. The maximum atomic E-state index is 12.5. The second-order valence-electron chi connectivity index (χ2n) is 9.38. The summed E-state index contributed by atoms with van der Waals surface area (Å²) in [6, 6.07) is 4.61. The normalized spacial score (nSPS) is 26.3. The third kappa shape index (κ3) is 5.37. The van der Waals surface area contributed by atoms with Crippen LogP contribution in [0.4, 0.5) is 0 Å². The molecule has 1 heterocycles. The molecule has 4 rings (SSSR count). The van der Waals surface area contributed by atoms with Crippen molar-refractivity contribution in [3.8, 4) is 0 Å². The number of hydrogen-bond donors (Lipinski definition) is 2. The zero-order valence-corrected chi connectivity index (χ0v) is 17.9. The molecule has 0 bridgehead atoms. The molecule has 1 atom stereocenters. The Labute approximate surface area is 172 Å². The summed E-state index contributed by atoms with van der Waals surface area (Å²) < 4.78 is 0. The zero-order chi connectivity index (χ0) is 19.5. The van der Waals surface area contributed by atoms with Gasteiger partial charge in [-0.25, -0.2) is 0 Å². The molecule has 3 aliphatic rings. The van der Waals surface area contributed by atoms with Crippen molar-refractivity contribution in [3.63, 3.8) is 0 Å². The Hall–Kier alpha value is -1.36. The van der Waals surface area contributed by atoms with Crippen molar-refractivity contribution in [3.05, 3.63) is 21.9 Å². The molecule has 1 aromatic rings. The quantitative estimate of drug-likeness (QED) is 0.663. The molecule has 0 radical (unpaired) electrons. The van der Waals surface area contributed by atoms with Gasteiger partial charge in [-0.15, -0.1) is 11.3 Å². The van der Waals surface area contributed by atoms with Crippen molar-refractivity contribution in [2.75, 3.05) is 0 Å². The summed E-state index contributed by atoms with van der Waals surface area (Å²) in [6.45, 7) is 2.07. The van der Waals surface area contributed by atoms with Crippen LogP contribution in [0.2, 0.25) is 0 Å². The SMILES string of the molecule is CC(CC1CCC1)C(=O)NC1CCC(NC(=O)c2ccc(CC3CC3)s2)CC1. The Bertz CT molecular complexity index is 685. The van der Waals surface area contributed by atoms with Gasteiger partial charge in [-0.05, 0) is 75.3 Å². The highest BCUT2D eigenvalue weighted by Crippen LogP contribution is 2.35. The molecule has 1 aromatic heterocycles. The van der Waals surface area contributed by atoms with E-state index in [1.165, 1.54) is 37.0 Å². The van der Waals surface area contributed by atoms with Gasteiger partial charge in [-0.3, -0.25) is 9.59 Å². The number of amides is 2. The summed E-state index contributed by atoms with van der Waals surface area (Å²) in [5.74, 6) is 2.06. The van der Waals surface area contributed by atoms with Crippen LogP contribution < -0.4 is 10.6 Å². The molecule has 2 N–H and O–H groups in total. The smallest absolute Gasteiger partial charge is 0.261 e. The molecule has 3 saturated carbocycles. The van der Waals surface area contributed by atoms with E-state index in [0.29, 0.717) is 0 Å². The second-order valence-corrected chi connectivity index (χ2v) is 10.5. The highest BCUT2D eigenvalue weighted by molar-refractivity contribution is 7.14. The molecule has 5 heteroatoms. The van der Waals surface area contributed by atoms with E-state index in [1.807, 2.05) is 6.07 Å². The summed E-state index contributed by atoms with van der Waals surface area (Å²) in [4.78, 5) is 27.2. The molecule has 0 saturated heterocycles. The molecule has 28 heavy (non-hydrogen) atoms. The van der Waals surface area contributed by atoms with Gasteiger partial charge >= 0.3 is 0 Å². The first-order chi connectivity index (χ1) is 13.6. The lowest BCUT2D eigenvalue weighted by atomic mass is 9.79. The fraction of sp³-hybridized carbons (Fsp3) is 0.739. The Morgan fingerprint density at radius 3 is 2.25 bits per heavy atom. The van der Waals surface area contributed by atoms with Crippen LogP contribution in [0.3, 0.4) is 0 Å². The molecule has 3 aliphatic carbocycles. The van der Waals surface area contributed by atoms with Gasteiger partial charge in [0, 0.05) is 22.9 Å². The van der Waals surface area contributed by atoms with Crippen molar-refractivity contribution in [1.29, 1.82) is 0 Å². The molecule has 0 aromatic carbocycles. The lowest BCUT2D eigenvalue weighted by Crippen LogP contribution is -2.45. The fourth-order valence-electron chi connectivity index (χ4n) is 4.53. The fourth-order valence-corrected chi connectivity index (χ4v) is 5.56. The van der Waals surface area contributed by atoms with Crippen LogP contribution in [0.1, 0.15) is 85.7 Å². The van der Waals surface area contributed by atoms with E-state index in [2.05, 4.69) is 23.6 Å². The average Bonchev–Trinajstić information content (AvgIpc) is 3.34. The minimum absolute atomic E-state index is 0.0775. The van der Waals surface area contributed by atoms with Gasteiger partial charge in [0.2, 0.25) is 5.91 Å². The van der Waals surface area contributed by atoms with Crippen LogP contribution in [0.25, 0.3) is 0 Å². The van der Waals surface area contributed by atoms with Crippen LogP contribution >= 0.6 is 11.3 Å². The number of rotatable bonds is 8. The van der Waals surface area contributed by atoms with E-state index in [9.17, 15) is 9.59 Å². The molecule has 0 spiro atoms. The molecule has 0 aliphatic heterocycles. The van der Waals surface area contributed by atoms with Crippen LogP contribution in [-0.2, 0) is 11.2 Å². The molecule has 4 nitrogen and oxygen atoms in total. The lowest BCUT2D eigenvalue weighted by Gasteiger charge is -2.31. The lowest BCUT2D eigenvalue weighted by molar-refractivity contribution is -0.126. The number of carbonyl (C=O) groups is 2. The molecule has 1 unspecified atom stereocenters. The van der Waals surface area contributed by atoms with Gasteiger partial charge in [0.15, 0.2) is 0 Å². The van der Waals surface area contributed by atoms with Crippen molar-refractivity contribution < 1.29 is 9.59 Å². The summed E-state index contributed by atoms with van der Waals surface area (Å²) in [5, 5.41) is 6.47. The maximum Gasteiger partial charge on any atom is 0.261 e. The van der Waals surface area contributed by atoms with Gasteiger partial charge in [0.05, 0.1) is 4.88 Å². The van der Waals surface area contributed by atoms with Crippen molar-refractivity contribution in [1.82, 2.24) is 10.6 Å². The minimum Gasteiger partial charge on any atom is -0.353 e. The van der Waals surface area contributed by atoms with E-state index >= 15 is 0 Å². The van der Waals surface area contributed by atoms with E-state index in [4.69, 9.17) is 0 Å². The summed E-state index contributed by atoms with van der Waals surface area (Å²) in [5.41, 5.74) is 0. The maximum absolute atomic E-state index is 12.5. The third-order valence-corrected chi connectivity index (χ3v) is 7.95. The monoisotopic (exact) mass is 402 g/mol. The van der Waals surface area contributed by atoms with Crippen LogP contribution in [0.15, 0.2) is 12.1 Å². The molecule has 2 amide bonds. The first-order valence-electron chi connectivity index (χ1n) is 11.3. The van der Waals surface area contributed by atoms with Gasteiger partial charge in [0.1, 0.15) is 0 Å². The predicted octanol–water partition coefficient (Wildman–Crippen LogP) is 4.68. The summed E-state index contributed by atoms with van der Waals surface area (Å²) in [7, 11) is 0. The van der Waals surface area contributed by atoms with Crippen molar-refractivity contribution in [2.45, 2.75) is 89.6 Å².